The van der Waals surface area contributed by atoms with Gasteiger partial charge in [-0.3, -0.25) is 4.79 Å². The number of anilines is 1. The molecule has 1 amide bonds. The molecular formula is C19H17N3OS. The molecular weight excluding hydrogens is 318 g/mol. The van der Waals surface area contributed by atoms with Crippen molar-refractivity contribution >= 4 is 34.3 Å². The van der Waals surface area contributed by atoms with Crippen molar-refractivity contribution < 1.29 is 4.79 Å². The zero-order valence-corrected chi connectivity index (χ0v) is 14.0. The summed E-state index contributed by atoms with van der Waals surface area (Å²) in [6.07, 6.45) is 3.62. The van der Waals surface area contributed by atoms with Crippen molar-refractivity contribution in [2.24, 2.45) is 0 Å². The summed E-state index contributed by atoms with van der Waals surface area (Å²) in [7, 11) is 0. The van der Waals surface area contributed by atoms with Gasteiger partial charge in [0.15, 0.2) is 0 Å². The molecule has 0 saturated heterocycles. The molecule has 0 fully saturated rings. The normalized spacial score (nSPS) is 13.8. The maximum absolute atomic E-state index is 12.7. The Morgan fingerprint density at radius 1 is 1.08 bits per heavy atom. The molecule has 3 aromatic rings. The Bertz CT molecular complexity index is 891. The van der Waals surface area contributed by atoms with Crippen LogP contribution >= 0.6 is 11.8 Å². The molecule has 4 nitrogen and oxygen atoms in total. The molecule has 0 atom stereocenters. The Morgan fingerprint density at radius 2 is 1.92 bits per heavy atom. The molecule has 0 radical (unpaired) electrons. The summed E-state index contributed by atoms with van der Waals surface area (Å²) in [5, 5.41) is 1.86. The molecule has 0 saturated carbocycles. The predicted molar refractivity (Wildman–Crippen MR) is 97.4 cm³/mol. The van der Waals surface area contributed by atoms with Crippen LogP contribution in [0.25, 0.3) is 10.9 Å². The van der Waals surface area contributed by atoms with Crippen LogP contribution in [0.5, 0.6) is 0 Å². The van der Waals surface area contributed by atoms with Gasteiger partial charge in [0.1, 0.15) is 11.4 Å². The van der Waals surface area contributed by atoms with Gasteiger partial charge in [-0.05, 0) is 30.5 Å². The first-order chi connectivity index (χ1) is 11.8. The number of nitrogens with zero attached hydrogens (tertiary/aromatic N) is 3. The second kappa shape index (κ2) is 6.61. The standard InChI is InChI=1S/C19H17N3OS/c23-18(22-11-5-7-14-6-1-4-10-17(14)22)12-24-19-15-8-2-3-9-16(15)20-13-21-19/h1-4,6,8-10,13H,5,7,11-12H2. The number of carbonyl (C=O) groups is 1. The van der Waals surface area contributed by atoms with Crippen molar-refractivity contribution in [3.63, 3.8) is 0 Å². The zero-order valence-electron chi connectivity index (χ0n) is 13.2. The third-order valence-electron chi connectivity index (χ3n) is 4.25. The number of hydrogen-bond acceptors (Lipinski definition) is 4. The number of thioether (sulfide) groups is 1. The largest absolute Gasteiger partial charge is 0.311 e. The van der Waals surface area contributed by atoms with Crippen molar-refractivity contribution in [2.45, 2.75) is 17.9 Å². The van der Waals surface area contributed by atoms with E-state index in [2.05, 4.69) is 16.0 Å². The predicted octanol–water partition coefficient (Wildman–Crippen LogP) is 3.70. The first kappa shape index (κ1) is 15.1. The van der Waals surface area contributed by atoms with E-state index in [0.29, 0.717) is 5.75 Å². The third-order valence-corrected chi connectivity index (χ3v) is 5.24. The lowest BCUT2D eigenvalue weighted by atomic mass is 10.0. The molecule has 0 spiro atoms. The molecule has 120 valence electrons. The minimum Gasteiger partial charge on any atom is -0.311 e. The molecule has 5 heteroatoms. The molecule has 1 aliphatic rings. The van der Waals surface area contributed by atoms with Crippen LogP contribution in [-0.2, 0) is 11.2 Å². The molecule has 24 heavy (non-hydrogen) atoms. The van der Waals surface area contributed by atoms with Crippen LogP contribution in [0.3, 0.4) is 0 Å². The van der Waals surface area contributed by atoms with E-state index in [1.54, 1.807) is 6.33 Å². The first-order valence-electron chi connectivity index (χ1n) is 8.04. The lowest BCUT2D eigenvalue weighted by Gasteiger charge is -2.29. The highest BCUT2D eigenvalue weighted by molar-refractivity contribution is 8.00. The van der Waals surface area contributed by atoms with Gasteiger partial charge in [0.25, 0.3) is 0 Å². The summed E-state index contributed by atoms with van der Waals surface area (Å²) in [6, 6.07) is 16.1. The van der Waals surface area contributed by atoms with Gasteiger partial charge < -0.3 is 4.90 Å². The molecule has 2 heterocycles. The molecule has 4 rings (SSSR count). The molecule has 0 N–H and O–H groups in total. The zero-order chi connectivity index (χ0) is 16.4. The minimum absolute atomic E-state index is 0.134. The molecule has 1 aliphatic heterocycles. The average Bonchev–Trinajstić information content (AvgIpc) is 2.65. The van der Waals surface area contributed by atoms with Crippen LogP contribution < -0.4 is 4.90 Å². The van der Waals surface area contributed by atoms with Crippen molar-refractivity contribution in [3.05, 3.63) is 60.4 Å². The Kier molecular flexibility index (Phi) is 4.17. The number of benzene rings is 2. The van der Waals surface area contributed by atoms with Gasteiger partial charge in [-0.25, -0.2) is 9.97 Å². The van der Waals surface area contributed by atoms with Gasteiger partial charge in [-0.1, -0.05) is 48.2 Å². The molecule has 0 bridgehead atoms. The van der Waals surface area contributed by atoms with Crippen LogP contribution in [0.2, 0.25) is 0 Å². The van der Waals surface area contributed by atoms with Gasteiger partial charge in [-0.2, -0.15) is 0 Å². The van der Waals surface area contributed by atoms with E-state index in [4.69, 9.17) is 0 Å². The van der Waals surface area contributed by atoms with Crippen molar-refractivity contribution in [2.75, 3.05) is 17.2 Å². The maximum Gasteiger partial charge on any atom is 0.237 e. The van der Waals surface area contributed by atoms with Gasteiger partial charge in [0.05, 0.1) is 11.3 Å². The second-order valence-electron chi connectivity index (χ2n) is 5.76. The number of hydrogen-bond donors (Lipinski definition) is 0. The lowest BCUT2D eigenvalue weighted by molar-refractivity contribution is -0.116. The first-order valence-corrected chi connectivity index (χ1v) is 9.02. The third kappa shape index (κ3) is 2.87. The Balaban J connectivity index is 1.53. The van der Waals surface area contributed by atoms with Crippen LogP contribution in [0, 0.1) is 0 Å². The quantitative estimate of drug-likeness (QED) is 0.541. The van der Waals surface area contributed by atoms with E-state index in [1.165, 1.54) is 17.3 Å². The lowest BCUT2D eigenvalue weighted by Crippen LogP contribution is -2.36. The van der Waals surface area contributed by atoms with E-state index in [0.717, 1.165) is 41.0 Å². The number of rotatable bonds is 3. The van der Waals surface area contributed by atoms with E-state index >= 15 is 0 Å². The van der Waals surface area contributed by atoms with Crippen molar-refractivity contribution in [1.29, 1.82) is 0 Å². The summed E-state index contributed by atoms with van der Waals surface area (Å²) in [4.78, 5) is 23.3. The van der Waals surface area contributed by atoms with Crippen molar-refractivity contribution in [1.82, 2.24) is 9.97 Å². The summed E-state index contributed by atoms with van der Waals surface area (Å²) in [5.74, 6) is 0.518. The number of amides is 1. The summed E-state index contributed by atoms with van der Waals surface area (Å²) < 4.78 is 0. The van der Waals surface area contributed by atoms with Gasteiger partial charge in [-0.15, -0.1) is 0 Å². The van der Waals surface area contributed by atoms with Gasteiger partial charge in [0.2, 0.25) is 5.91 Å². The van der Waals surface area contributed by atoms with Crippen LogP contribution in [-0.4, -0.2) is 28.2 Å². The fourth-order valence-electron chi connectivity index (χ4n) is 3.10. The number of para-hydroxylation sites is 2. The van der Waals surface area contributed by atoms with Crippen LogP contribution in [0.4, 0.5) is 5.69 Å². The monoisotopic (exact) mass is 335 g/mol. The van der Waals surface area contributed by atoms with E-state index in [-0.39, 0.29) is 5.91 Å². The molecule has 1 aromatic heterocycles. The Labute approximate surface area is 144 Å². The number of aryl methyl sites for hydroxylation is 1. The smallest absolute Gasteiger partial charge is 0.237 e. The fraction of sp³-hybridized carbons (Fsp3) is 0.211. The molecule has 0 aliphatic carbocycles. The van der Waals surface area contributed by atoms with Crippen molar-refractivity contribution in [3.8, 4) is 0 Å². The Hall–Kier alpha value is -2.40. The highest BCUT2D eigenvalue weighted by Gasteiger charge is 2.22. The molecule has 0 unspecified atom stereocenters. The highest BCUT2D eigenvalue weighted by Crippen LogP contribution is 2.29. The number of carbonyl (C=O) groups excluding carboxylic acids is 1. The molecule has 2 aromatic carbocycles. The topological polar surface area (TPSA) is 46.1 Å². The van der Waals surface area contributed by atoms with Crippen LogP contribution in [0.1, 0.15) is 12.0 Å². The van der Waals surface area contributed by atoms with Gasteiger partial charge in [0, 0.05) is 17.6 Å². The highest BCUT2D eigenvalue weighted by atomic mass is 32.2. The van der Waals surface area contributed by atoms with Crippen LogP contribution in [0.15, 0.2) is 59.9 Å². The Morgan fingerprint density at radius 3 is 2.88 bits per heavy atom. The maximum atomic E-state index is 12.7. The number of fused-ring (bicyclic) bond motifs is 2. The summed E-state index contributed by atoms with van der Waals surface area (Å²) in [5.41, 5.74) is 3.22. The minimum atomic E-state index is 0.134. The summed E-state index contributed by atoms with van der Waals surface area (Å²) >= 11 is 1.48. The average molecular weight is 335 g/mol. The number of aromatic nitrogens is 2. The van der Waals surface area contributed by atoms with Gasteiger partial charge >= 0.3 is 0 Å². The SMILES string of the molecule is O=C(CSc1ncnc2ccccc12)N1CCCc2ccccc21. The second-order valence-corrected chi connectivity index (χ2v) is 6.73. The van der Waals surface area contributed by atoms with E-state index < -0.39 is 0 Å². The van der Waals surface area contributed by atoms with E-state index in [9.17, 15) is 4.79 Å². The summed E-state index contributed by atoms with van der Waals surface area (Å²) in [6.45, 7) is 0.793. The fourth-order valence-corrected chi connectivity index (χ4v) is 3.96. The van der Waals surface area contributed by atoms with E-state index in [1.807, 2.05) is 47.4 Å².